The molecule has 11 nitrogen and oxygen atoms in total. The smallest absolute Gasteiger partial charge is 0.332 e. The molecule has 1 aliphatic carbocycles. The highest BCUT2D eigenvalue weighted by molar-refractivity contribution is 6.05. The molecule has 1 fully saturated rings. The van der Waals surface area contributed by atoms with E-state index in [1.54, 1.807) is 0 Å². The van der Waals surface area contributed by atoms with E-state index in [1.165, 1.54) is 29.6 Å². The number of likely N-dealkylation sites (tertiary alicyclic amines) is 1. The Kier molecular flexibility index (Phi) is 5.34. The second-order valence-corrected chi connectivity index (χ2v) is 7.77. The molecule has 1 aliphatic heterocycles. The first-order valence-corrected chi connectivity index (χ1v) is 10.1. The van der Waals surface area contributed by atoms with Gasteiger partial charge in [0.25, 0.3) is 5.56 Å². The lowest BCUT2D eigenvalue weighted by Gasteiger charge is -2.14. The number of esters is 1. The first kappa shape index (κ1) is 20.8. The molecule has 2 aliphatic rings. The molecule has 0 bridgehead atoms. The minimum absolute atomic E-state index is 0.000159. The number of carbonyl (C=O) groups excluding carboxylic acids is 3. The third-order valence-corrected chi connectivity index (χ3v) is 5.95. The predicted octanol–water partition coefficient (Wildman–Crippen LogP) is -0.682. The number of allylic oxidation sites excluding steroid dienone is 2. The third kappa shape index (κ3) is 3.49. The Hall–Kier alpha value is -3.50. The van der Waals surface area contributed by atoms with Crippen molar-refractivity contribution in [3.05, 3.63) is 39.3 Å². The minimum Gasteiger partial charge on any atom is -0.464 e. The first-order valence-electron chi connectivity index (χ1n) is 10.1. The summed E-state index contributed by atoms with van der Waals surface area (Å²) in [5.41, 5.74) is -0.466. The summed E-state index contributed by atoms with van der Waals surface area (Å²) in [5.74, 6) is -1.63. The number of nitrogens with zero attached hydrogens (tertiary/aromatic N) is 5. The molecule has 0 aromatic carbocycles. The Balaban J connectivity index is 1.33. The molecule has 2 amide bonds. The van der Waals surface area contributed by atoms with Gasteiger partial charge in [0.05, 0.1) is 31.1 Å². The summed E-state index contributed by atoms with van der Waals surface area (Å²) in [6.07, 6.45) is 6.26. The number of hydrogen-bond acceptors (Lipinski definition) is 7. The lowest BCUT2D eigenvalue weighted by molar-refractivity contribution is -0.146. The van der Waals surface area contributed by atoms with Crippen LogP contribution in [-0.4, -0.2) is 54.5 Å². The van der Waals surface area contributed by atoms with Gasteiger partial charge in [-0.05, 0) is 12.8 Å². The lowest BCUT2D eigenvalue weighted by Crippen LogP contribution is -2.37. The number of imide groups is 1. The molecule has 0 spiro atoms. The van der Waals surface area contributed by atoms with E-state index < -0.39 is 17.2 Å². The number of carbonyl (C=O) groups is 3. The summed E-state index contributed by atoms with van der Waals surface area (Å²) >= 11 is 0. The molecule has 164 valence electrons. The highest BCUT2D eigenvalue weighted by atomic mass is 16.5. The average molecular weight is 429 g/mol. The van der Waals surface area contributed by atoms with Crippen LogP contribution in [0, 0.1) is 11.8 Å². The monoisotopic (exact) mass is 429 g/mol. The molecule has 0 radical (unpaired) electrons. The maximum absolute atomic E-state index is 12.4. The van der Waals surface area contributed by atoms with Crippen LogP contribution in [0.25, 0.3) is 11.2 Å². The number of aromatic nitrogens is 4. The van der Waals surface area contributed by atoms with Crippen molar-refractivity contribution >= 4 is 28.9 Å². The van der Waals surface area contributed by atoms with Crippen LogP contribution >= 0.6 is 0 Å². The fraction of sp³-hybridized carbons (Fsp3) is 0.500. The van der Waals surface area contributed by atoms with Gasteiger partial charge in [0.15, 0.2) is 11.2 Å². The predicted molar refractivity (Wildman–Crippen MR) is 108 cm³/mol. The van der Waals surface area contributed by atoms with Gasteiger partial charge in [-0.1, -0.05) is 12.2 Å². The zero-order valence-corrected chi connectivity index (χ0v) is 17.3. The maximum Gasteiger partial charge on any atom is 0.332 e. The zero-order chi connectivity index (χ0) is 22.3. The van der Waals surface area contributed by atoms with E-state index in [0.29, 0.717) is 12.8 Å². The van der Waals surface area contributed by atoms with Crippen LogP contribution < -0.4 is 11.2 Å². The van der Waals surface area contributed by atoms with Crippen LogP contribution in [0.3, 0.4) is 0 Å². The number of hydrogen-bond donors (Lipinski definition) is 0. The van der Waals surface area contributed by atoms with Crippen molar-refractivity contribution in [3.8, 4) is 0 Å². The van der Waals surface area contributed by atoms with Crippen molar-refractivity contribution in [3.63, 3.8) is 0 Å². The van der Waals surface area contributed by atoms with Crippen LogP contribution in [0.1, 0.15) is 19.3 Å². The Labute approximate surface area is 176 Å². The van der Waals surface area contributed by atoms with Crippen LogP contribution in [0.5, 0.6) is 0 Å². The van der Waals surface area contributed by atoms with Crippen molar-refractivity contribution < 1.29 is 19.1 Å². The number of ether oxygens (including phenoxy) is 1. The molecule has 4 rings (SSSR count). The maximum atomic E-state index is 12.4. The Morgan fingerprint density at radius 3 is 2.32 bits per heavy atom. The Morgan fingerprint density at radius 2 is 1.68 bits per heavy atom. The van der Waals surface area contributed by atoms with Gasteiger partial charge >= 0.3 is 11.7 Å². The molecule has 11 heteroatoms. The van der Waals surface area contributed by atoms with E-state index in [4.69, 9.17) is 4.74 Å². The van der Waals surface area contributed by atoms with Crippen molar-refractivity contribution in [2.75, 3.05) is 13.2 Å². The molecule has 0 unspecified atom stereocenters. The van der Waals surface area contributed by atoms with Crippen molar-refractivity contribution in [2.24, 2.45) is 25.9 Å². The van der Waals surface area contributed by atoms with Crippen molar-refractivity contribution in [1.82, 2.24) is 23.6 Å². The highest BCUT2D eigenvalue weighted by Gasteiger charge is 2.46. The van der Waals surface area contributed by atoms with Gasteiger partial charge in [-0.25, -0.2) is 9.78 Å². The number of aryl methyl sites for hydroxylation is 1. The standard InChI is InChI=1S/C20H23N5O6/c1-22-16-15(19(29)23(2)20(22)30)24(11-21-16)9-10-31-14(26)7-8-25-17(27)12-5-3-4-6-13(12)18(25)28/h3-4,11-13H,5-10H2,1-2H3/t12-,13-/m0/s1. The van der Waals surface area contributed by atoms with Gasteiger partial charge in [0.1, 0.15) is 6.61 Å². The van der Waals surface area contributed by atoms with E-state index in [-0.39, 0.29) is 60.9 Å². The van der Waals surface area contributed by atoms with Gasteiger partial charge in [-0.3, -0.25) is 33.2 Å². The van der Waals surface area contributed by atoms with Crippen LogP contribution in [0.4, 0.5) is 0 Å². The van der Waals surface area contributed by atoms with Gasteiger partial charge in [-0.15, -0.1) is 0 Å². The summed E-state index contributed by atoms with van der Waals surface area (Å²) < 4.78 is 9.00. The summed E-state index contributed by atoms with van der Waals surface area (Å²) in [6, 6.07) is 0. The van der Waals surface area contributed by atoms with Gasteiger partial charge < -0.3 is 9.30 Å². The second kappa shape index (κ2) is 7.97. The van der Waals surface area contributed by atoms with Crippen LogP contribution in [0.15, 0.2) is 28.1 Å². The first-order chi connectivity index (χ1) is 14.8. The second-order valence-electron chi connectivity index (χ2n) is 7.77. The van der Waals surface area contributed by atoms with E-state index in [2.05, 4.69) is 4.98 Å². The highest BCUT2D eigenvalue weighted by Crippen LogP contribution is 2.34. The van der Waals surface area contributed by atoms with Crippen molar-refractivity contribution in [2.45, 2.75) is 25.8 Å². The summed E-state index contributed by atoms with van der Waals surface area (Å²) in [6.45, 7) is 0.153. The number of amides is 2. The van der Waals surface area contributed by atoms with Crippen LogP contribution in [-0.2, 0) is 39.8 Å². The van der Waals surface area contributed by atoms with Crippen molar-refractivity contribution in [1.29, 1.82) is 0 Å². The lowest BCUT2D eigenvalue weighted by atomic mass is 9.85. The molecule has 3 heterocycles. The van der Waals surface area contributed by atoms with E-state index in [0.717, 1.165) is 9.47 Å². The van der Waals surface area contributed by atoms with Crippen LogP contribution in [0.2, 0.25) is 0 Å². The molecule has 2 aromatic heterocycles. The molecule has 2 atom stereocenters. The third-order valence-electron chi connectivity index (χ3n) is 5.95. The van der Waals surface area contributed by atoms with Gasteiger partial charge in [0, 0.05) is 20.6 Å². The SMILES string of the molecule is Cn1c(=O)c2c(ncn2CCOC(=O)CCN2C(=O)[C@H]3CC=CC[C@@H]3C2=O)n(C)c1=O. The molecule has 0 N–H and O–H groups in total. The van der Waals surface area contributed by atoms with E-state index >= 15 is 0 Å². The molecule has 2 aromatic rings. The molecular weight excluding hydrogens is 406 g/mol. The van der Waals surface area contributed by atoms with E-state index in [1.807, 2.05) is 12.2 Å². The normalized spacial score (nSPS) is 20.5. The molecule has 1 saturated heterocycles. The van der Waals surface area contributed by atoms with Gasteiger partial charge in [0.2, 0.25) is 11.8 Å². The Morgan fingerprint density at radius 1 is 1.03 bits per heavy atom. The Bertz CT molecular complexity index is 1190. The molecule has 0 saturated carbocycles. The van der Waals surface area contributed by atoms with E-state index in [9.17, 15) is 24.0 Å². The number of fused-ring (bicyclic) bond motifs is 2. The fourth-order valence-corrected chi connectivity index (χ4v) is 4.19. The summed E-state index contributed by atoms with van der Waals surface area (Å²) in [4.78, 5) is 66.6. The van der Waals surface area contributed by atoms with Gasteiger partial charge in [-0.2, -0.15) is 0 Å². The topological polar surface area (TPSA) is 126 Å². The fourth-order valence-electron chi connectivity index (χ4n) is 4.19. The average Bonchev–Trinajstić information content (AvgIpc) is 3.29. The number of rotatable bonds is 6. The molecular formula is C20H23N5O6. The largest absolute Gasteiger partial charge is 0.464 e. The quantitative estimate of drug-likeness (QED) is 0.338. The summed E-state index contributed by atoms with van der Waals surface area (Å²) in [5, 5.41) is 0. The minimum atomic E-state index is -0.543. The zero-order valence-electron chi connectivity index (χ0n) is 17.3. The number of imidazole rings is 1. The molecule has 31 heavy (non-hydrogen) atoms. The summed E-state index contributed by atoms with van der Waals surface area (Å²) in [7, 11) is 2.91.